The molecule has 2 heteroatoms. The quantitative estimate of drug-likeness (QED) is 0.551. The largest absolute Gasteiger partial charge is 0.382 e. The molecule has 1 nitrogen and oxygen atoms in total. The Balaban J connectivity index is 3.62. The van der Waals surface area contributed by atoms with Crippen LogP contribution in [-0.2, 0) is 0 Å². The Morgan fingerprint density at radius 2 is 1.75 bits per heavy atom. The molecule has 0 radical (unpaired) electrons. The van der Waals surface area contributed by atoms with Crippen LogP contribution in [0.3, 0.4) is 0 Å². The van der Waals surface area contributed by atoms with E-state index in [9.17, 15) is 0 Å². The van der Waals surface area contributed by atoms with Crippen LogP contribution in [0.1, 0.15) is 20.8 Å². The van der Waals surface area contributed by atoms with Gasteiger partial charge in [0.2, 0.25) is 0 Å². The predicted octanol–water partition coefficient (Wildman–Crippen LogP) is 1.71. The van der Waals surface area contributed by atoms with E-state index in [0.29, 0.717) is 0 Å². The van der Waals surface area contributed by atoms with E-state index in [-0.39, 0.29) is 10.9 Å². The summed E-state index contributed by atoms with van der Waals surface area (Å²) in [5.74, 6) is 0. The van der Waals surface area contributed by atoms with Gasteiger partial charge in [0.1, 0.15) is 5.44 Å². The molecular weight excluding hydrogens is 120 g/mol. The Morgan fingerprint density at radius 1 is 1.38 bits per heavy atom. The SMILES string of the molecule is CSC(O)C(C)(C)C. The van der Waals surface area contributed by atoms with Crippen molar-refractivity contribution in [1.82, 2.24) is 0 Å². The first kappa shape index (κ1) is 8.31. The molecule has 0 aliphatic carbocycles. The molecule has 1 atom stereocenters. The van der Waals surface area contributed by atoms with Crippen molar-refractivity contribution in [1.29, 1.82) is 0 Å². The van der Waals surface area contributed by atoms with Crippen LogP contribution in [0.4, 0.5) is 0 Å². The smallest absolute Gasteiger partial charge is 0.104 e. The minimum atomic E-state index is -0.234. The van der Waals surface area contributed by atoms with E-state index in [1.807, 2.05) is 27.0 Å². The summed E-state index contributed by atoms with van der Waals surface area (Å²) in [5.41, 5.74) is -0.207. The van der Waals surface area contributed by atoms with Crippen LogP contribution in [0.15, 0.2) is 0 Å². The van der Waals surface area contributed by atoms with Crippen molar-refractivity contribution in [3.63, 3.8) is 0 Å². The van der Waals surface area contributed by atoms with Gasteiger partial charge < -0.3 is 5.11 Å². The third-order valence-corrected chi connectivity index (χ3v) is 2.12. The number of thioether (sulfide) groups is 1. The fourth-order valence-electron chi connectivity index (χ4n) is 0.354. The maximum Gasteiger partial charge on any atom is 0.104 e. The summed E-state index contributed by atoms with van der Waals surface area (Å²) in [6.45, 7) is 6.07. The van der Waals surface area contributed by atoms with Gasteiger partial charge >= 0.3 is 0 Å². The minimum absolute atomic E-state index is 0.0272. The van der Waals surface area contributed by atoms with Gasteiger partial charge in [0.05, 0.1) is 0 Å². The van der Waals surface area contributed by atoms with E-state index in [0.717, 1.165) is 0 Å². The first-order chi connectivity index (χ1) is 3.48. The van der Waals surface area contributed by atoms with Gasteiger partial charge in [-0.25, -0.2) is 0 Å². The molecule has 0 rings (SSSR count). The molecule has 0 aliphatic heterocycles. The lowest BCUT2D eigenvalue weighted by molar-refractivity contribution is 0.143. The second-order valence-corrected chi connectivity index (χ2v) is 3.87. The van der Waals surface area contributed by atoms with E-state index < -0.39 is 0 Å². The van der Waals surface area contributed by atoms with Crippen molar-refractivity contribution >= 4 is 11.8 Å². The molecule has 1 N–H and O–H groups in total. The van der Waals surface area contributed by atoms with Gasteiger partial charge in [0.15, 0.2) is 0 Å². The zero-order chi connectivity index (χ0) is 6.78. The van der Waals surface area contributed by atoms with E-state index in [2.05, 4.69) is 0 Å². The standard InChI is InChI=1S/C6H14OS/c1-6(2,3)5(7)8-4/h5,7H,1-4H3. The molecule has 0 saturated carbocycles. The molecule has 0 aromatic rings. The van der Waals surface area contributed by atoms with Crippen LogP contribution in [-0.4, -0.2) is 16.8 Å². The average molecular weight is 134 g/mol. The summed E-state index contributed by atoms with van der Waals surface area (Å²) >= 11 is 1.49. The first-order valence-electron chi connectivity index (χ1n) is 2.69. The van der Waals surface area contributed by atoms with Crippen molar-refractivity contribution in [2.75, 3.05) is 6.26 Å². The molecule has 0 saturated heterocycles. The molecule has 8 heavy (non-hydrogen) atoms. The van der Waals surface area contributed by atoms with E-state index in [4.69, 9.17) is 5.11 Å². The molecule has 1 unspecified atom stereocenters. The minimum Gasteiger partial charge on any atom is -0.382 e. The lowest BCUT2D eigenvalue weighted by Gasteiger charge is -2.23. The van der Waals surface area contributed by atoms with E-state index in [1.165, 1.54) is 11.8 Å². The summed E-state index contributed by atoms with van der Waals surface area (Å²) in [6.07, 6.45) is 1.91. The Bertz CT molecular complexity index is 65.4. The summed E-state index contributed by atoms with van der Waals surface area (Å²) in [7, 11) is 0. The monoisotopic (exact) mass is 134 g/mol. The topological polar surface area (TPSA) is 20.2 Å². The molecule has 0 bridgehead atoms. The third kappa shape index (κ3) is 2.58. The number of hydrogen-bond donors (Lipinski definition) is 1. The molecule has 50 valence electrons. The number of rotatable bonds is 1. The fourth-order valence-corrected chi connectivity index (χ4v) is 1.06. The van der Waals surface area contributed by atoms with E-state index >= 15 is 0 Å². The highest BCUT2D eigenvalue weighted by Crippen LogP contribution is 2.25. The molecule has 0 fully saturated rings. The van der Waals surface area contributed by atoms with Crippen molar-refractivity contribution in [3.05, 3.63) is 0 Å². The van der Waals surface area contributed by atoms with Crippen LogP contribution in [0.25, 0.3) is 0 Å². The Kier molecular flexibility index (Phi) is 2.84. The maximum atomic E-state index is 9.16. The maximum absolute atomic E-state index is 9.16. The molecular formula is C6H14OS. The van der Waals surface area contributed by atoms with Gasteiger partial charge in [-0.2, -0.15) is 0 Å². The van der Waals surface area contributed by atoms with Gasteiger partial charge in [-0.3, -0.25) is 0 Å². The second-order valence-electron chi connectivity index (χ2n) is 2.95. The van der Waals surface area contributed by atoms with Crippen molar-refractivity contribution in [2.45, 2.75) is 26.2 Å². The van der Waals surface area contributed by atoms with Gasteiger partial charge in [0, 0.05) is 0 Å². The van der Waals surface area contributed by atoms with Crippen molar-refractivity contribution < 1.29 is 5.11 Å². The highest BCUT2D eigenvalue weighted by Gasteiger charge is 2.19. The van der Waals surface area contributed by atoms with Gasteiger partial charge in [0.25, 0.3) is 0 Å². The number of hydrogen-bond acceptors (Lipinski definition) is 2. The third-order valence-electron chi connectivity index (χ3n) is 0.964. The molecule has 0 aromatic carbocycles. The lowest BCUT2D eigenvalue weighted by atomic mass is 9.98. The van der Waals surface area contributed by atoms with Crippen LogP contribution in [0.2, 0.25) is 0 Å². The van der Waals surface area contributed by atoms with Crippen LogP contribution >= 0.6 is 11.8 Å². The summed E-state index contributed by atoms with van der Waals surface area (Å²) in [6, 6.07) is 0. The van der Waals surface area contributed by atoms with Crippen LogP contribution < -0.4 is 0 Å². The second kappa shape index (κ2) is 2.74. The Hall–Kier alpha value is 0.310. The van der Waals surface area contributed by atoms with Gasteiger partial charge in [-0.15, -0.1) is 11.8 Å². The molecule has 0 aromatic heterocycles. The van der Waals surface area contributed by atoms with Crippen molar-refractivity contribution in [2.24, 2.45) is 5.41 Å². The van der Waals surface area contributed by atoms with Gasteiger partial charge in [-0.1, -0.05) is 20.8 Å². The lowest BCUT2D eigenvalue weighted by Crippen LogP contribution is -2.21. The molecule has 0 aliphatic rings. The zero-order valence-corrected chi connectivity index (χ0v) is 6.75. The van der Waals surface area contributed by atoms with E-state index in [1.54, 1.807) is 0 Å². The average Bonchev–Trinajstić information content (AvgIpc) is 1.62. The molecule has 0 amide bonds. The Labute approximate surface area is 55.5 Å². The Morgan fingerprint density at radius 3 is 1.75 bits per heavy atom. The molecule has 0 heterocycles. The normalized spacial score (nSPS) is 16.1. The fraction of sp³-hybridized carbons (Fsp3) is 1.00. The van der Waals surface area contributed by atoms with Gasteiger partial charge in [-0.05, 0) is 11.7 Å². The summed E-state index contributed by atoms with van der Waals surface area (Å²) in [4.78, 5) is 0. The molecule has 0 spiro atoms. The number of aliphatic hydroxyl groups excluding tert-OH is 1. The highest BCUT2D eigenvalue weighted by atomic mass is 32.2. The predicted molar refractivity (Wildman–Crippen MR) is 39.0 cm³/mol. The van der Waals surface area contributed by atoms with Crippen LogP contribution in [0, 0.1) is 5.41 Å². The highest BCUT2D eigenvalue weighted by molar-refractivity contribution is 7.99. The van der Waals surface area contributed by atoms with Crippen LogP contribution in [0.5, 0.6) is 0 Å². The summed E-state index contributed by atoms with van der Waals surface area (Å²) < 4.78 is 0. The van der Waals surface area contributed by atoms with Crippen molar-refractivity contribution in [3.8, 4) is 0 Å². The summed E-state index contributed by atoms with van der Waals surface area (Å²) in [5, 5.41) is 9.16. The zero-order valence-electron chi connectivity index (χ0n) is 5.93. The first-order valence-corrected chi connectivity index (χ1v) is 3.98. The number of aliphatic hydroxyl groups is 1.